The van der Waals surface area contributed by atoms with Gasteiger partial charge in [-0.1, -0.05) is 0 Å². The number of thiazole rings is 1. The van der Waals surface area contributed by atoms with Gasteiger partial charge in [0, 0.05) is 37.0 Å². The molecule has 0 aliphatic carbocycles. The molecule has 1 aliphatic heterocycles. The molecule has 0 radical (unpaired) electrons. The molecule has 4 heterocycles. The molecule has 4 rings (SSSR count). The third-order valence-corrected chi connectivity index (χ3v) is 6.46. The molecule has 3 aromatic rings. The van der Waals surface area contributed by atoms with Gasteiger partial charge in [-0.25, -0.2) is 4.98 Å². The summed E-state index contributed by atoms with van der Waals surface area (Å²) in [7, 11) is 1.95. The summed E-state index contributed by atoms with van der Waals surface area (Å²) >= 11 is 3.13. The van der Waals surface area contributed by atoms with Gasteiger partial charge in [-0.05, 0) is 31.2 Å². The molecule has 1 atom stereocenters. The zero-order valence-corrected chi connectivity index (χ0v) is 15.8. The van der Waals surface area contributed by atoms with Gasteiger partial charge in [0.25, 0.3) is 5.91 Å². The molecule has 1 amide bonds. The fraction of sp³-hybridized carbons (Fsp3) is 0.412. The first-order valence-corrected chi connectivity index (χ1v) is 10.0. The Kier molecular flexibility index (Phi) is 4.39. The summed E-state index contributed by atoms with van der Waals surface area (Å²) in [5.41, 5.74) is 1.91. The number of thiophene rings is 1. The highest BCUT2D eigenvalue weighted by Crippen LogP contribution is 2.32. The van der Waals surface area contributed by atoms with Gasteiger partial charge in [-0.3, -0.25) is 4.79 Å². The second kappa shape index (κ2) is 6.68. The van der Waals surface area contributed by atoms with Crippen LogP contribution >= 0.6 is 22.7 Å². The van der Waals surface area contributed by atoms with Crippen molar-refractivity contribution in [2.75, 3.05) is 13.1 Å². The van der Waals surface area contributed by atoms with Crippen LogP contribution in [0.3, 0.4) is 0 Å². The first-order chi connectivity index (χ1) is 12.1. The number of hydrogen-bond acceptors (Lipinski definition) is 6. The Morgan fingerprint density at radius 3 is 3.00 bits per heavy atom. The van der Waals surface area contributed by atoms with Crippen LogP contribution < -0.4 is 0 Å². The summed E-state index contributed by atoms with van der Waals surface area (Å²) in [4.78, 5) is 20.4. The number of piperidine rings is 1. The quantitative estimate of drug-likeness (QED) is 0.706. The van der Waals surface area contributed by atoms with E-state index in [9.17, 15) is 4.79 Å². The van der Waals surface area contributed by atoms with E-state index < -0.39 is 0 Å². The van der Waals surface area contributed by atoms with Crippen molar-refractivity contribution < 1.29 is 4.79 Å². The van der Waals surface area contributed by atoms with Gasteiger partial charge in [0.1, 0.15) is 22.0 Å². The number of rotatable bonds is 3. The van der Waals surface area contributed by atoms with Crippen LogP contribution in [0.4, 0.5) is 0 Å². The summed E-state index contributed by atoms with van der Waals surface area (Å²) in [6, 6.07) is 2.04. The van der Waals surface area contributed by atoms with Gasteiger partial charge in [0.05, 0.1) is 5.69 Å². The molecule has 0 spiro atoms. The van der Waals surface area contributed by atoms with Crippen LogP contribution in [0.2, 0.25) is 0 Å². The SMILES string of the molecule is Cc1nc(-c2ccsc2)sc1C(=O)N1CCC[C@H](c2nncn2C)C1. The predicted molar refractivity (Wildman–Crippen MR) is 99.0 cm³/mol. The molecule has 0 N–H and O–H groups in total. The Balaban J connectivity index is 1.55. The predicted octanol–water partition coefficient (Wildman–Crippen LogP) is 3.33. The molecule has 0 aromatic carbocycles. The smallest absolute Gasteiger partial charge is 0.265 e. The third-order valence-electron chi connectivity index (χ3n) is 4.58. The number of aromatic nitrogens is 4. The van der Waals surface area contributed by atoms with Gasteiger partial charge < -0.3 is 9.47 Å². The van der Waals surface area contributed by atoms with Gasteiger partial charge in [-0.2, -0.15) is 11.3 Å². The Morgan fingerprint density at radius 2 is 2.28 bits per heavy atom. The highest BCUT2D eigenvalue weighted by molar-refractivity contribution is 7.17. The number of hydrogen-bond donors (Lipinski definition) is 0. The molecule has 130 valence electrons. The number of aryl methyl sites for hydroxylation is 2. The molecule has 0 unspecified atom stereocenters. The van der Waals surface area contributed by atoms with E-state index in [1.807, 2.05) is 34.9 Å². The Hall–Kier alpha value is -2.06. The molecule has 1 saturated heterocycles. The third kappa shape index (κ3) is 3.11. The van der Waals surface area contributed by atoms with Gasteiger partial charge in [-0.15, -0.1) is 21.5 Å². The van der Waals surface area contributed by atoms with Crippen LogP contribution in [0.5, 0.6) is 0 Å². The lowest BCUT2D eigenvalue weighted by atomic mass is 9.97. The van der Waals surface area contributed by atoms with Gasteiger partial charge in [0.2, 0.25) is 0 Å². The van der Waals surface area contributed by atoms with Crippen LogP contribution in [0.15, 0.2) is 23.2 Å². The minimum Gasteiger partial charge on any atom is -0.337 e. The van der Waals surface area contributed by atoms with E-state index in [0.717, 1.165) is 46.4 Å². The molecular formula is C17H19N5OS2. The van der Waals surface area contributed by atoms with Crippen LogP contribution in [0, 0.1) is 6.92 Å². The van der Waals surface area contributed by atoms with E-state index in [0.29, 0.717) is 6.54 Å². The topological polar surface area (TPSA) is 63.9 Å². The maximum atomic E-state index is 13.1. The molecule has 3 aromatic heterocycles. The molecule has 0 saturated carbocycles. The molecule has 0 bridgehead atoms. The standard InChI is InChI=1S/C17H19N5OS2/c1-11-14(25-16(19-11)13-5-7-24-9-13)17(23)22-6-3-4-12(8-22)15-20-18-10-21(15)2/h5,7,9-10,12H,3-4,6,8H2,1-2H3/t12-/m0/s1. The Labute approximate surface area is 154 Å². The van der Waals surface area contributed by atoms with Crippen molar-refractivity contribution in [1.29, 1.82) is 0 Å². The highest BCUT2D eigenvalue weighted by Gasteiger charge is 2.30. The average Bonchev–Trinajstić information content (AvgIpc) is 3.35. The van der Waals surface area contributed by atoms with E-state index in [-0.39, 0.29) is 11.8 Å². The number of nitrogens with zero attached hydrogens (tertiary/aromatic N) is 5. The van der Waals surface area contributed by atoms with Crippen molar-refractivity contribution in [2.24, 2.45) is 7.05 Å². The zero-order chi connectivity index (χ0) is 17.4. The van der Waals surface area contributed by atoms with Gasteiger partial charge >= 0.3 is 0 Å². The lowest BCUT2D eigenvalue weighted by Crippen LogP contribution is -2.39. The minimum atomic E-state index is 0.0864. The van der Waals surface area contributed by atoms with E-state index in [1.165, 1.54) is 11.3 Å². The van der Waals surface area contributed by atoms with Crippen molar-refractivity contribution in [1.82, 2.24) is 24.6 Å². The normalized spacial score (nSPS) is 17.8. The summed E-state index contributed by atoms with van der Waals surface area (Å²) in [6.07, 6.45) is 3.74. The van der Waals surface area contributed by atoms with Crippen molar-refractivity contribution in [3.8, 4) is 10.6 Å². The van der Waals surface area contributed by atoms with E-state index in [2.05, 4.69) is 20.6 Å². The molecular weight excluding hydrogens is 354 g/mol. The molecule has 1 aliphatic rings. The molecule has 6 nitrogen and oxygen atoms in total. The van der Waals surface area contributed by atoms with Crippen LogP contribution in [-0.4, -0.2) is 43.6 Å². The summed E-state index contributed by atoms with van der Waals surface area (Å²) in [5, 5.41) is 13.2. The maximum absolute atomic E-state index is 13.1. The summed E-state index contributed by atoms with van der Waals surface area (Å²) in [6.45, 7) is 3.40. The molecule has 25 heavy (non-hydrogen) atoms. The van der Waals surface area contributed by atoms with Crippen molar-refractivity contribution in [2.45, 2.75) is 25.7 Å². The van der Waals surface area contributed by atoms with E-state index >= 15 is 0 Å². The fourth-order valence-electron chi connectivity index (χ4n) is 3.28. The second-order valence-corrected chi connectivity index (χ2v) is 8.12. The number of amides is 1. The fourth-order valence-corrected chi connectivity index (χ4v) is 5.03. The van der Waals surface area contributed by atoms with Crippen LogP contribution in [-0.2, 0) is 7.05 Å². The van der Waals surface area contributed by atoms with Crippen molar-refractivity contribution in [3.63, 3.8) is 0 Å². The maximum Gasteiger partial charge on any atom is 0.265 e. The van der Waals surface area contributed by atoms with E-state index in [1.54, 1.807) is 17.7 Å². The first-order valence-electron chi connectivity index (χ1n) is 8.26. The number of carbonyl (C=O) groups is 1. The average molecular weight is 374 g/mol. The lowest BCUT2D eigenvalue weighted by Gasteiger charge is -2.32. The van der Waals surface area contributed by atoms with Crippen molar-refractivity contribution in [3.05, 3.63) is 39.5 Å². The largest absolute Gasteiger partial charge is 0.337 e. The number of likely N-dealkylation sites (tertiary alicyclic amines) is 1. The summed E-state index contributed by atoms with van der Waals surface area (Å²) < 4.78 is 1.95. The minimum absolute atomic E-state index is 0.0864. The van der Waals surface area contributed by atoms with Gasteiger partial charge in [0.15, 0.2) is 0 Å². The molecule has 1 fully saturated rings. The Bertz CT molecular complexity index is 883. The highest BCUT2D eigenvalue weighted by atomic mass is 32.1. The van der Waals surface area contributed by atoms with Crippen LogP contribution in [0.1, 0.15) is 39.9 Å². The first kappa shape index (κ1) is 16.4. The zero-order valence-electron chi connectivity index (χ0n) is 14.2. The second-order valence-electron chi connectivity index (χ2n) is 6.34. The van der Waals surface area contributed by atoms with Crippen molar-refractivity contribution >= 4 is 28.6 Å². The molecule has 8 heteroatoms. The lowest BCUT2D eigenvalue weighted by molar-refractivity contribution is 0.0707. The summed E-state index contributed by atoms with van der Waals surface area (Å²) in [5.74, 6) is 1.29. The number of carbonyl (C=O) groups excluding carboxylic acids is 1. The van der Waals surface area contributed by atoms with Crippen LogP contribution in [0.25, 0.3) is 10.6 Å². The Morgan fingerprint density at radius 1 is 1.40 bits per heavy atom. The monoisotopic (exact) mass is 373 g/mol. The van der Waals surface area contributed by atoms with E-state index in [4.69, 9.17) is 0 Å².